The molecule has 2 aromatic rings. The minimum absolute atomic E-state index is 0. The molecule has 0 saturated carbocycles. The van der Waals surface area contributed by atoms with Crippen LogP contribution in [-0.4, -0.2) is 38.9 Å². The van der Waals surface area contributed by atoms with E-state index < -0.39 is 0 Å². The van der Waals surface area contributed by atoms with E-state index in [2.05, 4.69) is 27.8 Å². The van der Waals surface area contributed by atoms with E-state index in [0.717, 1.165) is 36.1 Å². The molecule has 0 saturated heterocycles. The summed E-state index contributed by atoms with van der Waals surface area (Å²) in [5, 5.41) is 6.55. The average molecular weight is 497 g/mol. The molecule has 0 spiro atoms. The zero-order valence-corrected chi connectivity index (χ0v) is 18.5. The first kappa shape index (κ1) is 22.3. The summed E-state index contributed by atoms with van der Waals surface area (Å²) in [6.45, 7) is 5.91. The van der Waals surface area contributed by atoms with Crippen LogP contribution in [0, 0.1) is 0 Å². The van der Waals surface area contributed by atoms with Crippen molar-refractivity contribution in [1.82, 2.24) is 5.32 Å². The molecule has 1 aliphatic rings. The number of fused-ring (bicyclic) bond motifs is 1. The third-order valence-electron chi connectivity index (χ3n) is 3.97. The lowest BCUT2D eigenvalue weighted by molar-refractivity contribution is 0.128. The minimum atomic E-state index is 0. The Hall–Kier alpha value is -2.00. The van der Waals surface area contributed by atoms with Crippen LogP contribution in [-0.2, 0) is 11.3 Å². The highest BCUT2D eigenvalue weighted by Crippen LogP contribution is 2.32. The number of ether oxygens (including phenoxy) is 3. The summed E-state index contributed by atoms with van der Waals surface area (Å²) in [6, 6.07) is 16.0. The molecule has 0 bridgehead atoms. The van der Waals surface area contributed by atoms with Gasteiger partial charge in [0.1, 0.15) is 0 Å². The zero-order valence-electron chi connectivity index (χ0n) is 16.1. The van der Waals surface area contributed by atoms with Crippen LogP contribution >= 0.6 is 24.0 Å². The molecule has 0 aliphatic carbocycles. The third-order valence-corrected chi connectivity index (χ3v) is 3.97. The maximum Gasteiger partial charge on any atom is 0.195 e. The summed E-state index contributed by atoms with van der Waals surface area (Å²) in [7, 11) is 0. The molecule has 7 heteroatoms. The SMILES string of the molecule is CCNC(=NCCOCc1ccccc1)Nc1ccc2c(c1)OCCCO2.I. The number of anilines is 1. The minimum Gasteiger partial charge on any atom is -0.490 e. The molecule has 0 fully saturated rings. The molecule has 1 heterocycles. The van der Waals surface area contributed by atoms with E-state index in [1.165, 1.54) is 5.56 Å². The molecular formula is C21H28IN3O3. The van der Waals surface area contributed by atoms with E-state index in [1.54, 1.807) is 0 Å². The zero-order chi connectivity index (χ0) is 18.7. The fourth-order valence-electron chi connectivity index (χ4n) is 2.67. The Labute approximate surface area is 183 Å². The number of halogens is 1. The Morgan fingerprint density at radius 1 is 1.07 bits per heavy atom. The molecule has 2 aromatic carbocycles. The van der Waals surface area contributed by atoms with E-state index >= 15 is 0 Å². The summed E-state index contributed by atoms with van der Waals surface area (Å²) in [5.74, 6) is 2.27. The molecule has 152 valence electrons. The lowest BCUT2D eigenvalue weighted by Gasteiger charge is -2.13. The predicted molar refractivity (Wildman–Crippen MR) is 123 cm³/mol. The maximum atomic E-state index is 5.74. The highest BCUT2D eigenvalue weighted by molar-refractivity contribution is 14.0. The second kappa shape index (κ2) is 12.5. The van der Waals surface area contributed by atoms with E-state index in [9.17, 15) is 0 Å². The van der Waals surface area contributed by atoms with Gasteiger partial charge in [-0.05, 0) is 24.6 Å². The number of benzene rings is 2. The predicted octanol–water partition coefficient (Wildman–Crippen LogP) is 4.06. The van der Waals surface area contributed by atoms with Gasteiger partial charge < -0.3 is 24.8 Å². The monoisotopic (exact) mass is 497 g/mol. The van der Waals surface area contributed by atoms with Crippen molar-refractivity contribution < 1.29 is 14.2 Å². The van der Waals surface area contributed by atoms with E-state index in [4.69, 9.17) is 14.2 Å². The Balaban J connectivity index is 0.00000280. The second-order valence-electron chi connectivity index (χ2n) is 6.14. The smallest absolute Gasteiger partial charge is 0.195 e. The highest BCUT2D eigenvalue weighted by Gasteiger charge is 2.11. The highest BCUT2D eigenvalue weighted by atomic mass is 127. The largest absolute Gasteiger partial charge is 0.490 e. The number of nitrogens with zero attached hydrogens (tertiary/aromatic N) is 1. The van der Waals surface area contributed by atoms with Crippen LogP contribution < -0.4 is 20.1 Å². The summed E-state index contributed by atoms with van der Waals surface area (Å²) >= 11 is 0. The first-order valence-electron chi connectivity index (χ1n) is 9.42. The molecule has 0 atom stereocenters. The van der Waals surface area contributed by atoms with Crippen LogP contribution in [0.3, 0.4) is 0 Å². The van der Waals surface area contributed by atoms with Crippen LogP contribution in [0.4, 0.5) is 5.69 Å². The van der Waals surface area contributed by atoms with Gasteiger partial charge in [-0.25, -0.2) is 0 Å². The number of hydrogen-bond donors (Lipinski definition) is 2. The average Bonchev–Trinajstić information content (AvgIpc) is 2.93. The van der Waals surface area contributed by atoms with Gasteiger partial charge in [-0.15, -0.1) is 24.0 Å². The third kappa shape index (κ3) is 7.20. The van der Waals surface area contributed by atoms with Crippen LogP contribution in [0.5, 0.6) is 11.5 Å². The number of hydrogen-bond acceptors (Lipinski definition) is 4. The van der Waals surface area contributed by atoms with Gasteiger partial charge in [-0.3, -0.25) is 4.99 Å². The standard InChI is InChI=1S/C21H27N3O3.HI/c1-2-22-21(23-11-14-25-16-17-7-4-3-5-8-17)24-18-9-10-19-20(15-18)27-13-6-12-26-19;/h3-5,7-10,15H,2,6,11-14,16H2,1H3,(H2,22,23,24);1H. The van der Waals surface area contributed by atoms with Gasteiger partial charge in [0.25, 0.3) is 0 Å². The van der Waals surface area contributed by atoms with Crippen molar-refractivity contribution in [3.05, 3.63) is 54.1 Å². The van der Waals surface area contributed by atoms with Gasteiger partial charge in [0.15, 0.2) is 17.5 Å². The number of guanidine groups is 1. The fraction of sp³-hybridized carbons (Fsp3) is 0.381. The number of nitrogens with one attached hydrogen (secondary N) is 2. The van der Waals surface area contributed by atoms with Gasteiger partial charge in [-0.1, -0.05) is 30.3 Å². The van der Waals surface area contributed by atoms with Gasteiger partial charge in [0.2, 0.25) is 0 Å². The molecule has 3 rings (SSSR count). The molecule has 2 N–H and O–H groups in total. The fourth-order valence-corrected chi connectivity index (χ4v) is 2.67. The van der Waals surface area contributed by atoms with Crippen molar-refractivity contribution in [3.8, 4) is 11.5 Å². The lowest BCUT2D eigenvalue weighted by Crippen LogP contribution is -2.31. The van der Waals surface area contributed by atoms with E-state index in [-0.39, 0.29) is 24.0 Å². The van der Waals surface area contributed by atoms with Gasteiger partial charge in [0.05, 0.1) is 33.0 Å². The normalized spacial score (nSPS) is 13.2. The van der Waals surface area contributed by atoms with Crippen molar-refractivity contribution in [3.63, 3.8) is 0 Å². The van der Waals surface area contributed by atoms with Crippen LogP contribution in [0.1, 0.15) is 18.9 Å². The molecule has 0 amide bonds. The van der Waals surface area contributed by atoms with Crippen molar-refractivity contribution in [2.24, 2.45) is 4.99 Å². The molecular weight excluding hydrogens is 469 g/mol. The number of rotatable bonds is 7. The maximum absolute atomic E-state index is 5.74. The van der Waals surface area contributed by atoms with Crippen molar-refractivity contribution in [2.45, 2.75) is 20.0 Å². The quantitative estimate of drug-likeness (QED) is 0.262. The molecule has 28 heavy (non-hydrogen) atoms. The van der Waals surface area contributed by atoms with Crippen molar-refractivity contribution in [2.75, 3.05) is 38.2 Å². The van der Waals surface area contributed by atoms with Crippen LogP contribution in [0.2, 0.25) is 0 Å². The Morgan fingerprint density at radius 3 is 2.64 bits per heavy atom. The first-order chi connectivity index (χ1) is 13.3. The van der Waals surface area contributed by atoms with Gasteiger partial charge >= 0.3 is 0 Å². The summed E-state index contributed by atoms with van der Waals surface area (Å²) in [4.78, 5) is 4.57. The molecule has 0 radical (unpaired) electrons. The topological polar surface area (TPSA) is 64.1 Å². The molecule has 6 nitrogen and oxygen atoms in total. The van der Waals surface area contributed by atoms with E-state index in [1.807, 2.05) is 43.3 Å². The Bertz CT molecular complexity index is 741. The molecule has 1 aliphatic heterocycles. The lowest BCUT2D eigenvalue weighted by atomic mass is 10.2. The van der Waals surface area contributed by atoms with Crippen molar-refractivity contribution in [1.29, 1.82) is 0 Å². The first-order valence-corrected chi connectivity index (χ1v) is 9.42. The van der Waals surface area contributed by atoms with Crippen LogP contribution in [0.25, 0.3) is 0 Å². The van der Waals surface area contributed by atoms with Crippen LogP contribution in [0.15, 0.2) is 53.5 Å². The summed E-state index contributed by atoms with van der Waals surface area (Å²) in [5.41, 5.74) is 2.07. The van der Waals surface area contributed by atoms with E-state index in [0.29, 0.717) is 33.0 Å². The summed E-state index contributed by atoms with van der Waals surface area (Å²) in [6.07, 6.45) is 0.893. The number of aliphatic imine (C=N–C) groups is 1. The second-order valence-corrected chi connectivity index (χ2v) is 6.14. The molecule has 0 unspecified atom stereocenters. The summed E-state index contributed by atoms with van der Waals surface area (Å²) < 4.78 is 17.1. The molecule has 0 aromatic heterocycles. The van der Waals surface area contributed by atoms with Gasteiger partial charge in [0, 0.05) is 24.7 Å². The Morgan fingerprint density at radius 2 is 1.86 bits per heavy atom. The Kier molecular flexibility index (Phi) is 9.92. The van der Waals surface area contributed by atoms with Gasteiger partial charge in [-0.2, -0.15) is 0 Å². The van der Waals surface area contributed by atoms with Crippen molar-refractivity contribution >= 4 is 35.6 Å².